The molecule has 1 N–H and O–H groups in total. The number of fused-ring (bicyclic) bond motifs is 1. The highest BCUT2D eigenvalue weighted by Crippen LogP contribution is 2.33. The molecular formula is C13H14N2O4S3. The van der Waals surface area contributed by atoms with E-state index in [1.165, 1.54) is 10.4 Å². The van der Waals surface area contributed by atoms with Gasteiger partial charge in [-0.1, -0.05) is 12.1 Å². The Morgan fingerprint density at radius 3 is 2.59 bits per heavy atom. The third-order valence-corrected chi connectivity index (χ3v) is 7.31. The van der Waals surface area contributed by atoms with Gasteiger partial charge in [0, 0.05) is 6.54 Å². The Kier molecular flexibility index (Phi) is 3.66. The third-order valence-electron chi connectivity index (χ3n) is 3.35. The molecule has 1 aromatic carbocycles. The zero-order chi connectivity index (χ0) is 16.0. The molecule has 9 heteroatoms. The highest BCUT2D eigenvalue weighted by Gasteiger charge is 2.27. The molecule has 3 rings (SSSR count). The lowest BCUT2D eigenvalue weighted by Gasteiger charge is -2.17. The van der Waals surface area contributed by atoms with Crippen molar-refractivity contribution >= 4 is 42.8 Å². The first-order chi connectivity index (χ1) is 10.3. The molecule has 6 nitrogen and oxygen atoms in total. The first kappa shape index (κ1) is 15.3. The van der Waals surface area contributed by atoms with Crippen LogP contribution in [0.1, 0.15) is 5.56 Å². The van der Waals surface area contributed by atoms with Crippen LogP contribution in [0.25, 0.3) is 0 Å². The highest BCUT2D eigenvalue weighted by atomic mass is 32.2. The Morgan fingerprint density at radius 2 is 1.95 bits per heavy atom. The molecule has 2 aromatic rings. The highest BCUT2D eigenvalue weighted by molar-refractivity contribution is 7.94. The van der Waals surface area contributed by atoms with Crippen LogP contribution in [0.15, 0.2) is 39.9 Å². The molecule has 118 valence electrons. The maximum absolute atomic E-state index is 12.2. The summed E-state index contributed by atoms with van der Waals surface area (Å²) in [5.41, 5.74) is 1.78. The monoisotopic (exact) mass is 358 g/mol. The molecule has 0 fully saturated rings. The van der Waals surface area contributed by atoms with Gasteiger partial charge in [-0.15, -0.1) is 11.3 Å². The summed E-state index contributed by atoms with van der Waals surface area (Å²) in [7, 11) is -7.00. The van der Waals surface area contributed by atoms with Gasteiger partial charge in [0.05, 0.1) is 17.6 Å². The Bertz CT molecular complexity index is 903. The fourth-order valence-electron chi connectivity index (χ4n) is 2.38. The fourth-order valence-corrected chi connectivity index (χ4v) is 5.37. The SMILES string of the molecule is CS(=O)(=O)N1CCc2ccc(NS(=O)(=O)c3cccs3)cc21. The summed E-state index contributed by atoms with van der Waals surface area (Å²) in [5, 5.41) is 1.68. The number of rotatable bonds is 4. The largest absolute Gasteiger partial charge is 0.279 e. The molecule has 1 aromatic heterocycles. The van der Waals surface area contributed by atoms with E-state index >= 15 is 0 Å². The smallest absolute Gasteiger partial charge is 0.271 e. The van der Waals surface area contributed by atoms with Gasteiger partial charge in [-0.05, 0) is 35.6 Å². The molecule has 0 saturated heterocycles. The number of hydrogen-bond donors (Lipinski definition) is 1. The fraction of sp³-hybridized carbons (Fsp3) is 0.231. The van der Waals surface area contributed by atoms with E-state index in [0.717, 1.165) is 23.2 Å². The maximum Gasteiger partial charge on any atom is 0.271 e. The second-order valence-electron chi connectivity index (χ2n) is 4.97. The minimum atomic E-state index is -3.64. The van der Waals surface area contributed by atoms with Crippen LogP contribution < -0.4 is 9.03 Å². The number of anilines is 2. The van der Waals surface area contributed by atoms with Crippen molar-refractivity contribution in [3.8, 4) is 0 Å². The van der Waals surface area contributed by atoms with Gasteiger partial charge >= 0.3 is 0 Å². The van der Waals surface area contributed by atoms with E-state index in [9.17, 15) is 16.8 Å². The van der Waals surface area contributed by atoms with Gasteiger partial charge in [-0.3, -0.25) is 9.03 Å². The first-order valence-electron chi connectivity index (χ1n) is 6.44. The molecule has 0 atom stereocenters. The van der Waals surface area contributed by atoms with Crippen molar-refractivity contribution in [2.75, 3.05) is 21.8 Å². The summed E-state index contributed by atoms with van der Waals surface area (Å²) >= 11 is 1.12. The van der Waals surface area contributed by atoms with Gasteiger partial charge in [0.15, 0.2) is 0 Å². The lowest BCUT2D eigenvalue weighted by molar-refractivity contribution is 0.598. The normalized spacial score (nSPS) is 14.9. The van der Waals surface area contributed by atoms with Gasteiger partial charge in [-0.2, -0.15) is 0 Å². The van der Waals surface area contributed by atoms with Crippen molar-refractivity contribution in [3.63, 3.8) is 0 Å². The summed E-state index contributed by atoms with van der Waals surface area (Å²) in [6.45, 7) is 0.384. The molecule has 0 aliphatic carbocycles. The summed E-state index contributed by atoms with van der Waals surface area (Å²) < 4.78 is 52.0. The lowest BCUT2D eigenvalue weighted by Crippen LogP contribution is -2.27. The molecule has 0 amide bonds. The molecule has 0 radical (unpaired) electrons. The number of sulfonamides is 2. The number of nitrogens with one attached hydrogen (secondary N) is 1. The van der Waals surface area contributed by atoms with Crippen LogP contribution in [0.2, 0.25) is 0 Å². The van der Waals surface area contributed by atoms with E-state index in [4.69, 9.17) is 0 Å². The van der Waals surface area contributed by atoms with Crippen LogP contribution in [0.5, 0.6) is 0 Å². The average Bonchev–Trinajstić information content (AvgIpc) is 3.06. The Hall–Kier alpha value is -1.58. The van der Waals surface area contributed by atoms with E-state index in [2.05, 4.69) is 4.72 Å². The Balaban J connectivity index is 1.95. The molecule has 22 heavy (non-hydrogen) atoms. The lowest BCUT2D eigenvalue weighted by atomic mass is 10.1. The van der Waals surface area contributed by atoms with E-state index < -0.39 is 20.0 Å². The van der Waals surface area contributed by atoms with Crippen LogP contribution in [0.3, 0.4) is 0 Å². The van der Waals surface area contributed by atoms with Gasteiger partial charge in [0.2, 0.25) is 10.0 Å². The van der Waals surface area contributed by atoms with Crippen molar-refractivity contribution < 1.29 is 16.8 Å². The van der Waals surface area contributed by atoms with Crippen molar-refractivity contribution in [1.82, 2.24) is 0 Å². The molecule has 1 aliphatic rings. The molecule has 0 bridgehead atoms. The predicted octanol–water partition coefficient (Wildman–Crippen LogP) is 1.87. The molecule has 2 heterocycles. The maximum atomic E-state index is 12.2. The molecule has 0 saturated carbocycles. The molecule has 0 unspecified atom stereocenters. The standard InChI is InChI=1S/C13H14N2O4S3/c1-21(16,17)15-7-6-10-4-5-11(9-12(10)15)14-22(18,19)13-3-2-8-20-13/h2-5,8-9,14H,6-7H2,1H3. The zero-order valence-electron chi connectivity index (χ0n) is 11.7. The zero-order valence-corrected chi connectivity index (χ0v) is 14.1. The Labute approximate surface area is 133 Å². The van der Waals surface area contributed by atoms with Crippen LogP contribution >= 0.6 is 11.3 Å². The van der Waals surface area contributed by atoms with Crippen LogP contribution in [-0.2, 0) is 26.5 Å². The van der Waals surface area contributed by atoms with Crippen molar-refractivity contribution in [2.24, 2.45) is 0 Å². The molecule has 1 aliphatic heterocycles. The van der Waals surface area contributed by atoms with Gasteiger partial charge < -0.3 is 0 Å². The Morgan fingerprint density at radius 1 is 1.18 bits per heavy atom. The number of nitrogens with zero attached hydrogens (tertiary/aromatic N) is 1. The second-order valence-corrected chi connectivity index (χ2v) is 9.73. The molecular weight excluding hydrogens is 344 g/mol. The third kappa shape index (κ3) is 2.83. The van der Waals surface area contributed by atoms with Gasteiger partial charge in [-0.25, -0.2) is 16.8 Å². The minimum absolute atomic E-state index is 0.216. The predicted molar refractivity (Wildman–Crippen MR) is 87.5 cm³/mol. The first-order valence-corrected chi connectivity index (χ1v) is 10.7. The topological polar surface area (TPSA) is 83.6 Å². The van der Waals surface area contributed by atoms with E-state index in [-0.39, 0.29) is 4.21 Å². The van der Waals surface area contributed by atoms with E-state index in [0.29, 0.717) is 24.3 Å². The van der Waals surface area contributed by atoms with Crippen molar-refractivity contribution in [1.29, 1.82) is 0 Å². The second kappa shape index (κ2) is 5.25. The van der Waals surface area contributed by atoms with Crippen LogP contribution in [-0.4, -0.2) is 29.6 Å². The number of hydrogen-bond acceptors (Lipinski definition) is 5. The van der Waals surface area contributed by atoms with Gasteiger partial charge in [0.25, 0.3) is 10.0 Å². The molecule has 0 spiro atoms. The van der Waals surface area contributed by atoms with Crippen molar-refractivity contribution in [3.05, 3.63) is 41.3 Å². The summed E-state index contributed by atoms with van der Waals surface area (Å²) in [6.07, 6.45) is 1.77. The average molecular weight is 358 g/mol. The van der Waals surface area contributed by atoms with Crippen molar-refractivity contribution in [2.45, 2.75) is 10.6 Å². The van der Waals surface area contributed by atoms with Gasteiger partial charge in [0.1, 0.15) is 4.21 Å². The summed E-state index contributed by atoms with van der Waals surface area (Å²) in [4.78, 5) is 0. The van der Waals surface area contributed by atoms with Crippen LogP contribution in [0.4, 0.5) is 11.4 Å². The summed E-state index contributed by atoms with van der Waals surface area (Å²) in [6, 6.07) is 8.15. The minimum Gasteiger partial charge on any atom is -0.279 e. The number of thiophene rings is 1. The quantitative estimate of drug-likeness (QED) is 0.904. The van der Waals surface area contributed by atoms with E-state index in [1.54, 1.807) is 29.6 Å². The summed E-state index contributed by atoms with van der Waals surface area (Å²) in [5.74, 6) is 0. The van der Waals surface area contributed by atoms with Crippen LogP contribution in [0, 0.1) is 0 Å². The van der Waals surface area contributed by atoms with E-state index in [1.807, 2.05) is 0 Å². The number of benzene rings is 1.